The Morgan fingerprint density at radius 1 is 1.03 bits per heavy atom. The fraction of sp³-hybridized carbons (Fsp3) is 0.348. The van der Waals surface area contributed by atoms with Gasteiger partial charge in [0.1, 0.15) is 0 Å². The quantitative estimate of drug-likeness (QED) is 0.406. The number of rotatable bonds is 7. The van der Waals surface area contributed by atoms with Gasteiger partial charge in [-0.05, 0) is 37.1 Å². The molecule has 2 aromatic rings. The Morgan fingerprint density at radius 2 is 1.63 bits per heavy atom. The first-order chi connectivity index (χ1) is 16.5. The van der Waals surface area contributed by atoms with Gasteiger partial charge in [0.2, 0.25) is 15.9 Å². The Kier molecular flexibility index (Phi) is 10.3. The summed E-state index contributed by atoms with van der Waals surface area (Å²) in [5.74, 6) is -3.87. The lowest BCUT2D eigenvalue weighted by molar-refractivity contribution is -0.159. The molecule has 1 aliphatic rings. The fourth-order valence-electron chi connectivity index (χ4n) is 3.13. The van der Waals surface area contributed by atoms with Crippen LogP contribution in [-0.4, -0.2) is 73.6 Å². The second kappa shape index (κ2) is 13.0. The molecule has 12 heteroatoms. The summed E-state index contributed by atoms with van der Waals surface area (Å²) in [7, 11) is -3.61. The third-order valence-corrected chi connectivity index (χ3v) is 7.04. The van der Waals surface area contributed by atoms with Gasteiger partial charge in [0, 0.05) is 24.8 Å². The van der Waals surface area contributed by atoms with E-state index in [-0.39, 0.29) is 23.4 Å². The maximum atomic E-state index is 12.9. The van der Waals surface area contributed by atoms with Crippen LogP contribution in [0.3, 0.4) is 0 Å². The molecule has 2 aromatic carbocycles. The van der Waals surface area contributed by atoms with Crippen LogP contribution in [0.1, 0.15) is 24.1 Å². The second-order valence-corrected chi connectivity index (χ2v) is 9.60. The van der Waals surface area contributed by atoms with Crippen molar-refractivity contribution in [1.29, 1.82) is 0 Å². The van der Waals surface area contributed by atoms with E-state index in [0.717, 1.165) is 11.1 Å². The molecule has 190 valence electrons. The van der Waals surface area contributed by atoms with Crippen molar-refractivity contribution < 1.29 is 37.8 Å². The fourth-order valence-corrected chi connectivity index (χ4v) is 4.57. The van der Waals surface area contributed by atoms with Crippen molar-refractivity contribution in [2.45, 2.75) is 24.8 Å². The number of carboxylic acid groups (broad SMARTS) is 2. The third-order valence-electron chi connectivity index (χ3n) is 5.14. The van der Waals surface area contributed by atoms with Crippen LogP contribution in [0.5, 0.6) is 0 Å². The van der Waals surface area contributed by atoms with E-state index in [1.807, 2.05) is 44.2 Å². The van der Waals surface area contributed by atoms with Crippen LogP contribution in [0.2, 0.25) is 0 Å². The van der Waals surface area contributed by atoms with Crippen LogP contribution in [0.4, 0.5) is 5.69 Å². The predicted octanol–water partition coefficient (Wildman–Crippen LogP) is 1.46. The van der Waals surface area contributed by atoms with E-state index in [2.05, 4.69) is 10.6 Å². The van der Waals surface area contributed by atoms with Crippen molar-refractivity contribution in [3.8, 4) is 0 Å². The van der Waals surface area contributed by atoms with E-state index in [1.54, 1.807) is 12.1 Å². The highest BCUT2D eigenvalue weighted by atomic mass is 32.2. The summed E-state index contributed by atoms with van der Waals surface area (Å²) >= 11 is 0. The summed E-state index contributed by atoms with van der Waals surface area (Å²) in [6.45, 7) is 5.39. The number of nitrogens with one attached hydrogen (secondary N) is 2. The Bertz CT molecular complexity index is 1120. The topological polar surface area (TPSA) is 162 Å². The molecule has 0 aliphatic carbocycles. The van der Waals surface area contributed by atoms with Crippen LogP contribution >= 0.6 is 0 Å². The van der Waals surface area contributed by atoms with Crippen LogP contribution in [-0.2, 0) is 29.1 Å². The lowest BCUT2D eigenvalue weighted by Crippen LogP contribution is -2.40. The van der Waals surface area contributed by atoms with Gasteiger partial charge in [-0.1, -0.05) is 36.4 Å². The van der Waals surface area contributed by atoms with Crippen LogP contribution in [0.25, 0.3) is 0 Å². The number of carboxylic acids is 2. The van der Waals surface area contributed by atoms with Crippen molar-refractivity contribution in [3.63, 3.8) is 0 Å². The molecule has 1 saturated heterocycles. The van der Waals surface area contributed by atoms with E-state index < -0.39 is 22.0 Å². The Balaban J connectivity index is 0.000000641. The minimum Gasteiger partial charge on any atom is -0.473 e. The van der Waals surface area contributed by atoms with Gasteiger partial charge in [-0.25, -0.2) is 18.0 Å². The summed E-state index contributed by atoms with van der Waals surface area (Å²) in [4.78, 5) is 30.8. The number of benzene rings is 2. The molecular weight excluding hydrogens is 478 g/mol. The predicted molar refractivity (Wildman–Crippen MR) is 128 cm³/mol. The number of anilines is 1. The third kappa shape index (κ3) is 8.44. The number of amides is 1. The Morgan fingerprint density at radius 3 is 2.20 bits per heavy atom. The zero-order chi connectivity index (χ0) is 26.0. The molecule has 0 spiro atoms. The molecule has 0 aromatic heterocycles. The number of ether oxygens (including phenoxy) is 1. The number of sulfonamides is 1. The summed E-state index contributed by atoms with van der Waals surface area (Å²) in [5, 5.41) is 20.8. The first-order valence-corrected chi connectivity index (χ1v) is 12.2. The van der Waals surface area contributed by atoms with Crippen LogP contribution in [0.15, 0.2) is 53.4 Å². The number of hydrogen-bond donors (Lipinski definition) is 4. The minimum absolute atomic E-state index is 0.0241. The van der Waals surface area contributed by atoms with Gasteiger partial charge >= 0.3 is 11.9 Å². The number of morpholine rings is 1. The lowest BCUT2D eigenvalue weighted by Gasteiger charge is -2.26. The summed E-state index contributed by atoms with van der Waals surface area (Å²) < 4.78 is 32.4. The van der Waals surface area contributed by atoms with Crippen molar-refractivity contribution in [3.05, 3.63) is 59.7 Å². The first kappa shape index (κ1) is 27.9. The SMILES string of the molecule is Cc1ccc(S(=O)(=O)N2CCOCC2)cc1NC(=O)CNC(C)c1ccccc1.O=C(O)C(=O)O. The molecule has 1 atom stereocenters. The molecule has 1 heterocycles. The molecule has 0 saturated carbocycles. The van der Waals surface area contributed by atoms with Gasteiger partial charge in [0.05, 0.1) is 24.7 Å². The van der Waals surface area contributed by atoms with E-state index in [4.69, 9.17) is 24.5 Å². The number of carbonyl (C=O) groups is 3. The molecule has 0 bridgehead atoms. The summed E-state index contributed by atoms with van der Waals surface area (Å²) in [6.07, 6.45) is 0. The minimum atomic E-state index is -3.61. The van der Waals surface area contributed by atoms with Crippen molar-refractivity contribution in [2.75, 3.05) is 38.2 Å². The average Bonchev–Trinajstić information content (AvgIpc) is 2.85. The number of hydrogen-bond acceptors (Lipinski definition) is 7. The van der Waals surface area contributed by atoms with Gasteiger partial charge in [0.15, 0.2) is 0 Å². The highest BCUT2D eigenvalue weighted by molar-refractivity contribution is 7.89. The van der Waals surface area contributed by atoms with E-state index in [9.17, 15) is 13.2 Å². The van der Waals surface area contributed by atoms with Gasteiger partial charge < -0.3 is 25.6 Å². The van der Waals surface area contributed by atoms with Crippen LogP contribution < -0.4 is 10.6 Å². The van der Waals surface area contributed by atoms with Crippen molar-refractivity contribution in [1.82, 2.24) is 9.62 Å². The molecule has 1 amide bonds. The Labute approximate surface area is 203 Å². The van der Waals surface area contributed by atoms with Crippen molar-refractivity contribution >= 4 is 33.6 Å². The van der Waals surface area contributed by atoms with Crippen LogP contribution in [0, 0.1) is 6.92 Å². The van der Waals surface area contributed by atoms with Crippen molar-refractivity contribution in [2.24, 2.45) is 0 Å². The first-order valence-electron chi connectivity index (χ1n) is 10.7. The maximum absolute atomic E-state index is 12.9. The Hall–Kier alpha value is -3.32. The molecule has 0 radical (unpaired) electrons. The highest BCUT2D eigenvalue weighted by Crippen LogP contribution is 2.23. The zero-order valence-corrected chi connectivity index (χ0v) is 20.2. The largest absolute Gasteiger partial charge is 0.473 e. The molecule has 4 N–H and O–H groups in total. The number of aryl methyl sites for hydroxylation is 1. The van der Waals surface area contributed by atoms with Gasteiger partial charge in [-0.2, -0.15) is 4.31 Å². The number of aliphatic carboxylic acids is 2. The zero-order valence-electron chi connectivity index (χ0n) is 19.4. The lowest BCUT2D eigenvalue weighted by atomic mass is 10.1. The standard InChI is InChI=1S/C21H27N3O4S.C2H2O4/c1-16-8-9-19(29(26,27)24-10-12-28-13-11-24)14-20(16)23-21(25)15-22-17(2)18-6-4-3-5-7-18;3-1(4)2(5)6/h3-9,14,17,22H,10-13,15H2,1-2H3,(H,23,25);(H,3,4)(H,5,6). The smallest absolute Gasteiger partial charge is 0.414 e. The van der Waals surface area contributed by atoms with Gasteiger partial charge in [-0.3, -0.25) is 4.79 Å². The number of carbonyl (C=O) groups excluding carboxylic acids is 1. The average molecular weight is 508 g/mol. The van der Waals surface area contributed by atoms with Gasteiger partial charge in [-0.15, -0.1) is 0 Å². The van der Waals surface area contributed by atoms with E-state index in [1.165, 1.54) is 10.4 Å². The summed E-state index contributed by atoms with van der Waals surface area (Å²) in [5.41, 5.74) is 2.39. The molecule has 1 aliphatic heterocycles. The monoisotopic (exact) mass is 507 g/mol. The number of nitrogens with zero attached hydrogens (tertiary/aromatic N) is 1. The molecule has 35 heavy (non-hydrogen) atoms. The molecule has 11 nitrogen and oxygen atoms in total. The maximum Gasteiger partial charge on any atom is 0.414 e. The molecule has 1 unspecified atom stereocenters. The summed E-state index contributed by atoms with van der Waals surface area (Å²) in [6, 6.07) is 14.7. The van der Waals surface area contributed by atoms with Gasteiger partial charge in [0.25, 0.3) is 0 Å². The molecular formula is C23H29N3O8S. The van der Waals surface area contributed by atoms with E-state index in [0.29, 0.717) is 32.0 Å². The molecule has 3 rings (SSSR count). The highest BCUT2D eigenvalue weighted by Gasteiger charge is 2.27. The van der Waals surface area contributed by atoms with E-state index >= 15 is 0 Å². The second-order valence-electron chi connectivity index (χ2n) is 7.66. The normalized spacial score (nSPS) is 14.8. The molecule has 1 fully saturated rings.